The zero-order valence-electron chi connectivity index (χ0n) is 15.7. The fourth-order valence-electron chi connectivity index (χ4n) is 3.31. The fraction of sp³-hybridized carbons (Fsp3) is 0.273. The van der Waals surface area contributed by atoms with Crippen LogP contribution in [0.25, 0.3) is 6.08 Å². The molecule has 4 nitrogen and oxygen atoms in total. The molecular weight excluding hydrogens is 409 g/mol. The van der Waals surface area contributed by atoms with Gasteiger partial charge >= 0.3 is 0 Å². The third-order valence-electron chi connectivity index (χ3n) is 4.77. The van der Waals surface area contributed by atoms with Crippen molar-refractivity contribution >= 4 is 40.3 Å². The van der Waals surface area contributed by atoms with Crippen LogP contribution in [0.3, 0.4) is 0 Å². The fourth-order valence-corrected chi connectivity index (χ4v) is 4.58. The molecule has 0 aromatic heterocycles. The summed E-state index contributed by atoms with van der Waals surface area (Å²) in [4.78, 5) is 15.0. The number of carbonyl (C=O) groups excluding carboxylic acids is 1. The maximum atomic E-state index is 13.4. The van der Waals surface area contributed by atoms with E-state index in [0.29, 0.717) is 21.5 Å². The lowest BCUT2D eigenvalue weighted by atomic mass is 10.1. The Bertz CT molecular complexity index is 957. The lowest BCUT2D eigenvalue weighted by Gasteiger charge is -2.18. The molecule has 0 spiro atoms. The van der Waals surface area contributed by atoms with E-state index in [1.807, 2.05) is 30.3 Å². The molecular formula is C22H20FNO3S2. The summed E-state index contributed by atoms with van der Waals surface area (Å²) in [5, 5.41) is 0. The summed E-state index contributed by atoms with van der Waals surface area (Å²) in [6.07, 6.45) is 3.83. The second-order valence-corrected chi connectivity index (χ2v) is 8.56. The zero-order chi connectivity index (χ0) is 20.2. The summed E-state index contributed by atoms with van der Waals surface area (Å²) >= 11 is 6.70. The number of rotatable bonds is 6. The molecule has 2 heterocycles. The molecule has 1 atom stereocenters. The van der Waals surface area contributed by atoms with E-state index in [1.54, 1.807) is 17.0 Å². The minimum atomic E-state index is -0.297. The molecule has 0 N–H and O–H groups in total. The Kier molecular flexibility index (Phi) is 6.28. The van der Waals surface area contributed by atoms with Crippen LogP contribution in [0.5, 0.6) is 5.75 Å². The number of benzene rings is 2. The van der Waals surface area contributed by atoms with Gasteiger partial charge in [-0.05, 0) is 42.7 Å². The maximum absolute atomic E-state index is 13.4. The minimum Gasteiger partial charge on any atom is -0.488 e. The number of halogens is 1. The van der Waals surface area contributed by atoms with E-state index in [1.165, 1.54) is 23.9 Å². The van der Waals surface area contributed by atoms with Crippen LogP contribution >= 0.6 is 24.0 Å². The third kappa shape index (κ3) is 4.86. The van der Waals surface area contributed by atoms with Crippen molar-refractivity contribution in [3.05, 3.63) is 70.4 Å². The molecule has 0 unspecified atom stereocenters. The smallest absolute Gasteiger partial charge is 0.266 e. The lowest BCUT2D eigenvalue weighted by Crippen LogP contribution is -2.35. The molecule has 2 aliphatic heterocycles. The Balaban J connectivity index is 1.49. The van der Waals surface area contributed by atoms with Crippen LogP contribution < -0.4 is 4.74 Å². The summed E-state index contributed by atoms with van der Waals surface area (Å²) in [6, 6.07) is 13.8. The van der Waals surface area contributed by atoms with Crippen LogP contribution in [0.15, 0.2) is 53.4 Å². The van der Waals surface area contributed by atoms with Crippen molar-refractivity contribution in [1.29, 1.82) is 0 Å². The first kappa shape index (κ1) is 20.1. The van der Waals surface area contributed by atoms with Crippen molar-refractivity contribution in [3.63, 3.8) is 0 Å². The predicted octanol–water partition coefficient (Wildman–Crippen LogP) is 4.78. The molecule has 2 saturated heterocycles. The van der Waals surface area contributed by atoms with Crippen LogP contribution in [-0.2, 0) is 16.1 Å². The largest absolute Gasteiger partial charge is 0.488 e. The van der Waals surface area contributed by atoms with Gasteiger partial charge in [-0.15, -0.1) is 0 Å². The summed E-state index contributed by atoms with van der Waals surface area (Å²) < 4.78 is 25.4. The number of nitrogens with zero attached hydrogens (tertiary/aromatic N) is 1. The molecule has 2 aliphatic rings. The van der Waals surface area contributed by atoms with E-state index in [4.69, 9.17) is 21.7 Å². The molecule has 2 aromatic carbocycles. The molecule has 0 saturated carbocycles. The Morgan fingerprint density at radius 2 is 2.14 bits per heavy atom. The van der Waals surface area contributed by atoms with Gasteiger partial charge < -0.3 is 9.47 Å². The highest BCUT2D eigenvalue weighted by Crippen LogP contribution is 2.35. The standard InChI is InChI=1S/C22H20FNO3S2/c23-17-7-3-5-15(11-17)14-27-19-9-2-1-6-16(19)12-20-21(25)24(22(28)29-20)13-18-8-4-10-26-18/h1-3,5-7,9,11-12,18H,4,8,10,13-14H2/b20-12-/t18-/m1/s1. The molecule has 2 fully saturated rings. The Morgan fingerprint density at radius 3 is 2.93 bits per heavy atom. The second kappa shape index (κ2) is 9.07. The van der Waals surface area contributed by atoms with E-state index in [9.17, 15) is 9.18 Å². The van der Waals surface area contributed by atoms with Crippen molar-refractivity contribution in [2.45, 2.75) is 25.6 Å². The van der Waals surface area contributed by atoms with Gasteiger partial charge in [0.05, 0.1) is 17.6 Å². The predicted molar refractivity (Wildman–Crippen MR) is 116 cm³/mol. The van der Waals surface area contributed by atoms with Crippen LogP contribution in [-0.4, -0.2) is 34.4 Å². The molecule has 7 heteroatoms. The number of amides is 1. The van der Waals surface area contributed by atoms with Gasteiger partial charge in [-0.2, -0.15) is 0 Å². The normalized spacial score (nSPS) is 20.7. The summed E-state index contributed by atoms with van der Waals surface area (Å²) in [6.45, 7) is 1.48. The van der Waals surface area contributed by atoms with Crippen LogP contribution in [0.1, 0.15) is 24.0 Å². The summed E-state index contributed by atoms with van der Waals surface area (Å²) in [5.74, 6) is 0.228. The maximum Gasteiger partial charge on any atom is 0.266 e. The van der Waals surface area contributed by atoms with Gasteiger partial charge in [0.2, 0.25) is 0 Å². The second-order valence-electron chi connectivity index (χ2n) is 6.88. The number of ether oxygens (including phenoxy) is 2. The zero-order valence-corrected chi connectivity index (χ0v) is 17.3. The number of thioether (sulfide) groups is 1. The van der Waals surface area contributed by atoms with Crippen molar-refractivity contribution in [1.82, 2.24) is 4.90 Å². The molecule has 0 aliphatic carbocycles. The quantitative estimate of drug-likeness (QED) is 0.488. The van der Waals surface area contributed by atoms with E-state index in [-0.39, 0.29) is 24.4 Å². The molecule has 4 rings (SSSR count). The minimum absolute atomic E-state index is 0.0544. The Hall–Kier alpha value is -2.22. The van der Waals surface area contributed by atoms with Gasteiger partial charge in [0, 0.05) is 12.2 Å². The van der Waals surface area contributed by atoms with E-state index in [2.05, 4.69) is 0 Å². The Morgan fingerprint density at radius 1 is 1.28 bits per heavy atom. The molecule has 150 valence electrons. The topological polar surface area (TPSA) is 38.8 Å². The van der Waals surface area contributed by atoms with Crippen molar-refractivity contribution in [3.8, 4) is 5.75 Å². The van der Waals surface area contributed by atoms with Crippen molar-refractivity contribution in [2.24, 2.45) is 0 Å². The highest BCUT2D eigenvalue weighted by molar-refractivity contribution is 8.26. The van der Waals surface area contributed by atoms with E-state index in [0.717, 1.165) is 30.6 Å². The Labute approximate surface area is 178 Å². The first-order valence-corrected chi connectivity index (χ1v) is 10.7. The summed E-state index contributed by atoms with van der Waals surface area (Å²) in [5.41, 5.74) is 1.52. The molecule has 2 aromatic rings. The van der Waals surface area contributed by atoms with E-state index >= 15 is 0 Å². The average Bonchev–Trinajstić information content (AvgIpc) is 3.32. The highest BCUT2D eigenvalue weighted by Gasteiger charge is 2.34. The van der Waals surface area contributed by atoms with Gasteiger partial charge in [-0.1, -0.05) is 54.3 Å². The van der Waals surface area contributed by atoms with Crippen LogP contribution in [0.4, 0.5) is 4.39 Å². The van der Waals surface area contributed by atoms with Gasteiger partial charge in [0.15, 0.2) is 0 Å². The highest BCUT2D eigenvalue weighted by atomic mass is 32.2. The number of thiocarbonyl (C=S) groups is 1. The monoisotopic (exact) mass is 429 g/mol. The lowest BCUT2D eigenvalue weighted by molar-refractivity contribution is -0.123. The van der Waals surface area contributed by atoms with Crippen LogP contribution in [0, 0.1) is 5.82 Å². The average molecular weight is 430 g/mol. The molecule has 0 radical (unpaired) electrons. The number of carbonyl (C=O) groups is 1. The SMILES string of the molecule is O=C1/C(=C/c2ccccc2OCc2cccc(F)c2)SC(=S)N1C[C@H]1CCCO1. The van der Waals surface area contributed by atoms with Gasteiger partial charge in [-0.3, -0.25) is 9.69 Å². The number of hydrogen-bond donors (Lipinski definition) is 0. The molecule has 1 amide bonds. The molecule has 0 bridgehead atoms. The van der Waals surface area contributed by atoms with Crippen LogP contribution in [0.2, 0.25) is 0 Å². The number of hydrogen-bond acceptors (Lipinski definition) is 5. The van der Waals surface area contributed by atoms with Gasteiger partial charge in [0.25, 0.3) is 5.91 Å². The first-order valence-electron chi connectivity index (χ1n) is 9.43. The van der Waals surface area contributed by atoms with Crippen molar-refractivity contribution < 1.29 is 18.7 Å². The third-order valence-corrected chi connectivity index (χ3v) is 6.15. The summed E-state index contributed by atoms with van der Waals surface area (Å²) in [7, 11) is 0. The van der Waals surface area contributed by atoms with Gasteiger partial charge in [0.1, 0.15) is 22.5 Å². The first-order chi connectivity index (χ1) is 14.1. The molecule has 29 heavy (non-hydrogen) atoms. The van der Waals surface area contributed by atoms with Crippen molar-refractivity contribution in [2.75, 3.05) is 13.2 Å². The van der Waals surface area contributed by atoms with Gasteiger partial charge in [-0.25, -0.2) is 4.39 Å². The van der Waals surface area contributed by atoms with E-state index < -0.39 is 0 Å². The number of para-hydroxylation sites is 1.